The number of carbonyl (C=O) groups excluding carboxylic acids is 2. The molecule has 0 radical (unpaired) electrons. The molecule has 0 aliphatic heterocycles. The van der Waals surface area contributed by atoms with Crippen LogP contribution in [0.2, 0.25) is 0 Å². The average molecular weight is 212 g/mol. The molecular weight excluding hydrogens is 196 g/mol. The van der Waals surface area contributed by atoms with Crippen LogP contribution in [0.1, 0.15) is 39.0 Å². The summed E-state index contributed by atoms with van der Waals surface area (Å²) in [5, 5.41) is 0. The van der Waals surface area contributed by atoms with Gasteiger partial charge in [0.15, 0.2) is 0 Å². The maximum atomic E-state index is 11.4. The third-order valence-electron chi connectivity index (χ3n) is 2.96. The van der Waals surface area contributed by atoms with Gasteiger partial charge in [-0.1, -0.05) is 6.42 Å². The van der Waals surface area contributed by atoms with E-state index in [1.165, 1.54) is 6.92 Å². The van der Waals surface area contributed by atoms with Gasteiger partial charge < -0.3 is 9.47 Å². The zero-order valence-electron chi connectivity index (χ0n) is 8.90. The molecule has 0 bridgehead atoms. The molecule has 4 nitrogen and oxygen atoms in total. The quantitative estimate of drug-likeness (QED) is 0.525. The highest BCUT2D eigenvalue weighted by atomic mass is 16.7. The lowest BCUT2D eigenvalue weighted by molar-refractivity contribution is -0.203. The van der Waals surface area contributed by atoms with Crippen LogP contribution in [-0.4, -0.2) is 18.2 Å². The van der Waals surface area contributed by atoms with Gasteiger partial charge in [-0.3, -0.25) is 9.59 Å². The van der Waals surface area contributed by atoms with Gasteiger partial charge in [-0.15, -0.1) is 0 Å². The van der Waals surface area contributed by atoms with Crippen molar-refractivity contribution >= 4 is 11.9 Å². The van der Waals surface area contributed by atoms with E-state index in [9.17, 15) is 9.59 Å². The van der Waals surface area contributed by atoms with Gasteiger partial charge in [0.1, 0.15) is 0 Å². The standard InChI is InChI=1S/C11H16O4/c1-7(12)14-11(9-3-2-4-9)15-10(13)8-5-6-8/h8-9,11H,2-6H2,1H3. The molecule has 2 fully saturated rings. The van der Waals surface area contributed by atoms with Crippen molar-refractivity contribution in [1.82, 2.24) is 0 Å². The van der Waals surface area contributed by atoms with E-state index in [0.717, 1.165) is 32.1 Å². The first-order chi connectivity index (χ1) is 7.16. The first-order valence-corrected chi connectivity index (χ1v) is 5.54. The minimum absolute atomic E-state index is 0.0585. The molecule has 0 amide bonds. The molecule has 0 aromatic heterocycles. The number of rotatable bonds is 4. The van der Waals surface area contributed by atoms with E-state index >= 15 is 0 Å². The molecule has 4 heteroatoms. The maximum Gasteiger partial charge on any atom is 0.312 e. The number of ether oxygens (including phenoxy) is 2. The van der Waals surface area contributed by atoms with Gasteiger partial charge in [0.2, 0.25) is 6.29 Å². The molecule has 2 aliphatic rings. The Bertz CT molecular complexity index is 266. The molecule has 0 aromatic carbocycles. The zero-order chi connectivity index (χ0) is 10.8. The van der Waals surface area contributed by atoms with Crippen molar-refractivity contribution in [1.29, 1.82) is 0 Å². The fraction of sp³-hybridized carbons (Fsp3) is 0.818. The molecule has 0 aromatic rings. The summed E-state index contributed by atoms with van der Waals surface area (Å²) in [7, 11) is 0. The van der Waals surface area contributed by atoms with E-state index in [1.807, 2.05) is 0 Å². The van der Waals surface area contributed by atoms with E-state index in [4.69, 9.17) is 9.47 Å². The van der Waals surface area contributed by atoms with E-state index in [1.54, 1.807) is 0 Å². The average Bonchev–Trinajstić information content (AvgIpc) is 2.79. The molecule has 2 saturated carbocycles. The Kier molecular flexibility index (Phi) is 2.93. The first-order valence-electron chi connectivity index (χ1n) is 5.54. The van der Waals surface area contributed by atoms with Crippen LogP contribution >= 0.6 is 0 Å². The summed E-state index contributed by atoms with van der Waals surface area (Å²) in [6.45, 7) is 1.34. The van der Waals surface area contributed by atoms with Crippen molar-refractivity contribution in [2.45, 2.75) is 45.3 Å². The van der Waals surface area contributed by atoms with Crippen LogP contribution in [0, 0.1) is 11.8 Å². The molecule has 0 saturated heterocycles. The van der Waals surface area contributed by atoms with Crippen LogP contribution in [0.25, 0.3) is 0 Å². The summed E-state index contributed by atoms with van der Waals surface area (Å²) in [4.78, 5) is 22.3. The highest BCUT2D eigenvalue weighted by Crippen LogP contribution is 2.35. The lowest BCUT2D eigenvalue weighted by Gasteiger charge is -2.32. The molecule has 84 valence electrons. The van der Waals surface area contributed by atoms with Crippen LogP contribution in [0.4, 0.5) is 0 Å². The molecule has 2 rings (SSSR count). The molecule has 1 atom stereocenters. The summed E-state index contributed by atoms with van der Waals surface area (Å²) in [6, 6.07) is 0. The number of esters is 2. The summed E-state index contributed by atoms with van der Waals surface area (Å²) in [5.41, 5.74) is 0. The van der Waals surface area contributed by atoms with Gasteiger partial charge in [0.05, 0.1) is 5.92 Å². The summed E-state index contributed by atoms with van der Waals surface area (Å²) in [6.07, 6.45) is 4.28. The molecule has 2 aliphatic carbocycles. The minimum Gasteiger partial charge on any atom is -0.425 e. The molecular formula is C11H16O4. The van der Waals surface area contributed by atoms with Crippen LogP contribution in [-0.2, 0) is 19.1 Å². The Hall–Kier alpha value is -1.06. The van der Waals surface area contributed by atoms with Crippen LogP contribution < -0.4 is 0 Å². The number of hydrogen-bond acceptors (Lipinski definition) is 4. The van der Waals surface area contributed by atoms with E-state index in [0.29, 0.717) is 0 Å². The second-order valence-corrected chi connectivity index (χ2v) is 4.38. The Labute approximate surface area is 88.9 Å². The largest absolute Gasteiger partial charge is 0.425 e. The molecule has 0 spiro atoms. The van der Waals surface area contributed by atoms with Crippen LogP contribution in [0.3, 0.4) is 0 Å². The Morgan fingerprint density at radius 2 is 1.80 bits per heavy atom. The highest BCUT2D eigenvalue weighted by molar-refractivity contribution is 5.75. The molecule has 0 heterocycles. The smallest absolute Gasteiger partial charge is 0.312 e. The van der Waals surface area contributed by atoms with Gasteiger partial charge in [0.25, 0.3) is 0 Å². The Morgan fingerprint density at radius 1 is 1.13 bits per heavy atom. The summed E-state index contributed by atoms with van der Waals surface area (Å²) in [5.74, 6) is -0.302. The third kappa shape index (κ3) is 2.70. The lowest BCUT2D eigenvalue weighted by atomic mass is 9.85. The van der Waals surface area contributed by atoms with Crippen LogP contribution in [0.15, 0.2) is 0 Å². The zero-order valence-corrected chi connectivity index (χ0v) is 8.90. The molecule has 15 heavy (non-hydrogen) atoms. The van der Waals surface area contributed by atoms with Crippen molar-refractivity contribution in [3.63, 3.8) is 0 Å². The topological polar surface area (TPSA) is 52.6 Å². The highest BCUT2D eigenvalue weighted by Gasteiger charge is 2.37. The van der Waals surface area contributed by atoms with Crippen LogP contribution in [0.5, 0.6) is 0 Å². The number of hydrogen-bond donors (Lipinski definition) is 0. The fourth-order valence-corrected chi connectivity index (χ4v) is 1.62. The first kappa shape index (κ1) is 10.5. The molecule has 1 unspecified atom stereocenters. The van der Waals surface area contributed by atoms with Gasteiger partial charge in [-0.25, -0.2) is 0 Å². The van der Waals surface area contributed by atoms with E-state index < -0.39 is 6.29 Å². The normalized spacial score (nSPS) is 22.7. The minimum atomic E-state index is -0.635. The second kappa shape index (κ2) is 4.21. The number of carbonyl (C=O) groups is 2. The van der Waals surface area contributed by atoms with Crippen molar-refractivity contribution in [3.8, 4) is 0 Å². The van der Waals surface area contributed by atoms with E-state index in [-0.39, 0.29) is 23.8 Å². The predicted molar refractivity (Wildman–Crippen MR) is 51.7 cm³/mol. The van der Waals surface area contributed by atoms with Gasteiger partial charge >= 0.3 is 11.9 Å². The fourth-order valence-electron chi connectivity index (χ4n) is 1.62. The predicted octanol–water partition coefficient (Wildman–Crippen LogP) is 1.63. The summed E-state index contributed by atoms with van der Waals surface area (Å²) >= 11 is 0. The van der Waals surface area contributed by atoms with Gasteiger partial charge in [-0.2, -0.15) is 0 Å². The van der Waals surface area contributed by atoms with E-state index in [2.05, 4.69) is 0 Å². The maximum absolute atomic E-state index is 11.4. The second-order valence-electron chi connectivity index (χ2n) is 4.38. The van der Waals surface area contributed by atoms with Gasteiger partial charge in [0, 0.05) is 12.8 Å². The molecule has 0 N–H and O–H groups in total. The Morgan fingerprint density at radius 3 is 2.20 bits per heavy atom. The van der Waals surface area contributed by atoms with Crippen molar-refractivity contribution in [3.05, 3.63) is 0 Å². The SMILES string of the molecule is CC(=O)OC(OC(=O)C1CC1)C1CCC1. The van der Waals surface area contributed by atoms with Crippen molar-refractivity contribution < 1.29 is 19.1 Å². The monoisotopic (exact) mass is 212 g/mol. The Balaban J connectivity index is 1.85. The van der Waals surface area contributed by atoms with Gasteiger partial charge in [-0.05, 0) is 25.7 Å². The third-order valence-corrected chi connectivity index (χ3v) is 2.96. The lowest BCUT2D eigenvalue weighted by Crippen LogP contribution is -2.35. The van der Waals surface area contributed by atoms with Crippen molar-refractivity contribution in [2.75, 3.05) is 0 Å². The van der Waals surface area contributed by atoms with Crippen molar-refractivity contribution in [2.24, 2.45) is 11.8 Å². The summed E-state index contributed by atoms with van der Waals surface area (Å²) < 4.78 is 10.2.